The minimum Gasteiger partial charge on any atom is -0.493 e. The van der Waals surface area contributed by atoms with Crippen molar-refractivity contribution in [3.8, 4) is 28.6 Å². The van der Waals surface area contributed by atoms with Gasteiger partial charge in [-0.3, -0.25) is 4.79 Å². The molecule has 0 saturated carbocycles. The molecule has 0 aliphatic heterocycles. The van der Waals surface area contributed by atoms with E-state index in [4.69, 9.17) is 18.6 Å². The molecule has 0 atom stereocenters. The third-order valence-electron chi connectivity index (χ3n) is 3.67. The summed E-state index contributed by atoms with van der Waals surface area (Å²) in [6.07, 6.45) is 0. The second-order valence-electron chi connectivity index (χ2n) is 4.98. The van der Waals surface area contributed by atoms with Crippen LogP contribution in [0.1, 0.15) is 0 Å². The molecular weight excluding hydrogens is 376 g/mol. The quantitative estimate of drug-likeness (QED) is 0.666. The van der Waals surface area contributed by atoms with Crippen LogP contribution >= 0.6 is 15.9 Å². The van der Waals surface area contributed by atoms with E-state index in [-0.39, 0.29) is 5.43 Å². The maximum atomic E-state index is 12.6. The van der Waals surface area contributed by atoms with Gasteiger partial charge in [0.1, 0.15) is 10.1 Å². The third kappa shape index (κ3) is 2.63. The minimum absolute atomic E-state index is 0.138. The van der Waals surface area contributed by atoms with E-state index in [9.17, 15) is 4.79 Å². The summed E-state index contributed by atoms with van der Waals surface area (Å²) in [5, 5.41) is 0.514. The number of benzene rings is 2. The molecule has 0 N–H and O–H groups in total. The van der Waals surface area contributed by atoms with E-state index in [2.05, 4.69) is 15.9 Å². The standard InChI is InChI=1S/C18H15BrO5/c1-21-13-8-10(9-14(22-2)18(13)23-3)17-15(19)16(20)11-6-4-5-7-12(11)24-17/h4-9H,1-3H3. The average Bonchev–Trinajstić information content (AvgIpc) is 2.63. The van der Waals surface area contributed by atoms with Crippen LogP contribution in [-0.4, -0.2) is 21.3 Å². The number of ether oxygens (including phenoxy) is 3. The van der Waals surface area contributed by atoms with Crippen LogP contribution < -0.4 is 19.6 Å². The van der Waals surface area contributed by atoms with Gasteiger partial charge in [-0.15, -0.1) is 0 Å². The number of hydrogen-bond acceptors (Lipinski definition) is 5. The first kappa shape index (κ1) is 16.4. The highest BCUT2D eigenvalue weighted by Crippen LogP contribution is 2.42. The largest absolute Gasteiger partial charge is 0.493 e. The highest BCUT2D eigenvalue weighted by Gasteiger charge is 2.19. The second-order valence-corrected chi connectivity index (χ2v) is 5.78. The van der Waals surface area contributed by atoms with Gasteiger partial charge in [-0.05, 0) is 40.2 Å². The lowest BCUT2D eigenvalue weighted by Crippen LogP contribution is -2.04. The number of para-hydroxylation sites is 1. The van der Waals surface area contributed by atoms with Crippen molar-refractivity contribution in [1.82, 2.24) is 0 Å². The van der Waals surface area contributed by atoms with Gasteiger partial charge in [0.05, 0.1) is 26.7 Å². The predicted molar refractivity (Wildman–Crippen MR) is 95.3 cm³/mol. The Morgan fingerprint density at radius 2 is 1.58 bits per heavy atom. The summed E-state index contributed by atoms with van der Waals surface area (Å²) in [6, 6.07) is 10.6. The fraction of sp³-hybridized carbons (Fsp3) is 0.167. The molecule has 5 nitrogen and oxygen atoms in total. The molecular formula is C18H15BrO5. The summed E-state index contributed by atoms with van der Waals surface area (Å²) >= 11 is 3.35. The third-order valence-corrected chi connectivity index (χ3v) is 4.39. The van der Waals surface area contributed by atoms with Gasteiger partial charge < -0.3 is 18.6 Å². The molecule has 0 aliphatic carbocycles. The van der Waals surface area contributed by atoms with E-state index < -0.39 is 0 Å². The predicted octanol–water partition coefficient (Wildman–Crippen LogP) is 4.25. The van der Waals surface area contributed by atoms with Crippen molar-refractivity contribution in [2.24, 2.45) is 0 Å². The van der Waals surface area contributed by atoms with E-state index in [1.807, 2.05) is 6.07 Å². The molecule has 6 heteroatoms. The van der Waals surface area contributed by atoms with Crippen LogP contribution in [0.4, 0.5) is 0 Å². The average molecular weight is 391 g/mol. The summed E-state index contributed by atoms with van der Waals surface area (Å²) in [4.78, 5) is 12.6. The van der Waals surface area contributed by atoms with Crippen molar-refractivity contribution in [2.45, 2.75) is 0 Å². The lowest BCUT2D eigenvalue weighted by atomic mass is 10.1. The zero-order valence-electron chi connectivity index (χ0n) is 13.4. The minimum atomic E-state index is -0.138. The van der Waals surface area contributed by atoms with Crippen LogP contribution in [0.15, 0.2) is 50.1 Å². The van der Waals surface area contributed by atoms with Crippen LogP contribution in [0.2, 0.25) is 0 Å². The zero-order valence-corrected chi connectivity index (χ0v) is 15.0. The molecule has 0 amide bonds. The van der Waals surface area contributed by atoms with Crippen LogP contribution in [0.5, 0.6) is 17.2 Å². The normalized spacial score (nSPS) is 10.7. The highest BCUT2D eigenvalue weighted by atomic mass is 79.9. The summed E-state index contributed by atoms with van der Waals surface area (Å²) in [5.74, 6) is 1.84. The van der Waals surface area contributed by atoms with Crippen LogP contribution in [0, 0.1) is 0 Å². The highest BCUT2D eigenvalue weighted by molar-refractivity contribution is 9.10. The van der Waals surface area contributed by atoms with Crippen molar-refractivity contribution in [2.75, 3.05) is 21.3 Å². The molecule has 0 fully saturated rings. The van der Waals surface area contributed by atoms with Gasteiger partial charge in [0.25, 0.3) is 0 Å². The molecule has 24 heavy (non-hydrogen) atoms. The van der Waals surface area contributed by atoms with E-state index >= 15 is 0 Å². The smallest absolute Gasteiger partial charge is 0.207 e. The summed E-state index contributed by atoms with van der Waals surface area (Å²) < 4.78 is 22.3. The van der Waals surface area contributed by atoms with Crippen LogP contribution in [0.25, 0.3) is 22.3 Å². The Labute approximate surface area is 146 Å². The Kier molecular flexibility index (Phi) is 4.49. The number of hydrogen-bond donors (Lipinski definition) is 0. The molecule has 0 unspecified atom stereocenters. The van der Waals surface area contributed by atoms with Crippen LogP contribution in [0.3, 0.4) is 0 Å². The lowest BCUT2D eigenvalue weighted by Gasteiger charge is -2.14. The summed E-state index contributed by atoms with van der Waals surface area (Å²) in [7, 11) is 4.60. The van der Waals surface area contributed by atoms with Gasteiger partial charge >= 0.3 is 0 Å². The summed E-state index contributed by atoms with van der Waals surface area (Å²) in [5.41, 5.74) is 1.01. The molecule has 0 aliphatic rings. The topological polar surface area (TPSA) is 57.9 Å². The van der Waals surface area contributed by atoms with Crippen molar-refractivity contribution in [1.29, 1.82) is 0 Å². The molecule has 2 aromatic carbocycles. The second kappa shape index (κ2) is 6.57. The van der Waals surface area contributed by atoms with Gasteiger partial charge in [0, 0.05) is 5.56 Å². The number of rotatable bonds is 4. The molecule has 0 saturated heterocycles. The molecule has 0 bridgehead atoms. The Morgan fingerprint density at radius 3 is 2.17 bits per heavy atom. The SMILES string of the molecule is COc1cc(-c2oc3ccccc3c(=O)c2Br)cc(OC)c1OC. The Bertz CT molecular complexity index is 936. The van der Waals surface area contributed by atoms with Gasteiger partial charge in [-0.2, -0.15) is 0 Å². The first-order chi connectivity index (χ1) is 11.6. The van der Waals surface area contributed by atoms with Crippen LogP contribution in [-0.2, 0) is 0 Å². The monoisotopic (exact) mass is 390 g/mol. The van der Waals surface area contributed by atoms with E-state index in [1.165, 1.54) is 21.3 Å². The Morgan fingerprint density at radius 1 is 0.958 bits per heavy atom. The Hall–Kier alpha value is -2.47. The molecule has 0 radical (unpaired) electrons. The van der Waals surface area contributed by atoms with Gasteiger partial charge in [-0.25, -0.2) is 0 Å². The maximum Gasteiger partial charge on any atom is 0.207 e. The van der Waals surface area contributed by atoms with Gasteiger partial charge in [0.2, 0.25) is 11.2 Å². The molecule has 1 aromatic heterocycles. The Balaban J connectivity index is 2.31. The fourth-order valence-corrected chi connectivity index (χ4v) is 3.04. The molecule has 3 aromatic rings. The first-order valence-electron chi connectivity index (χ1n) is 7.12. The van der Waals surface area contributed by atoms with E-state index in [1.54, 1.807) is 30.3 Å². The maximum absolute atomic E-state index is 12.6. The van der Waals surface area contributed by atoms with E-state index in [0.29, 0.717) is 44.0 Å². The van der Waals surface area contributed by atoms with Crippen molar-refractivity contribution in [3.05, 3.63) is 51.1 Å². The van der Waals surface area contributed by atoms with Crippen molar-refractivity contribution in [3.63, 3.8) is 0 Å². The summed E-state index contributed by atoms with van der Waals surface area (Å²) in [6.45, 7) is 0. The van der Waals surface area contributed by atoms with Crippen molar-refractivity contribution >= 4 is 26.9 Å². The lowest BCUT2D eigenvalue weighted by molar-refractivity contribution is 0.324. The molecule has 1 heterocycles. The number of halogens is 1. The molecule has 3 rings (SSSR count). The molecule has 124 valence electrons. The number of methoxy groups -OCH3 is 3. The first-order valence-corrected chi connectivity index (χ1v) is 7.91. The van der Waals surface area contributed by atoms with Crippen molar-refractivity contribution < 1.29 is 18.6 Å². The van der Waals surface area contributed by atoms with E-state index in [0.717, 1.165) is 0 Å². The fourth-order valence-electron chi connectivity index (χ4n) is 2.52. The van der Waals surface area contributed by atoms with Gasteiger partial charge in [-0.1, -0.05) is 12.1 Å². The zero-order chi connectivity index (χ0) is 17.3. The van der Waals surface area contributed by atoms with Gasteiger partial charge in [0.15, 0.2) is 17.3 Å². The molecule has 0 spiro atoms. The number of fused-ring (bicyclic) bond motifs is 1.